The molecular formula is C32H29F2N5O2. The van der Waals surface area contributed by atoms with Crippen molar-refractivity contribution >= 4 is 16.6 Å². The van der Waals surface area contributed by atoms with Gasteiger partial charge in [-0.25, -0.2) is 13.8 Å². The summed E-state index contributed by atoms with van der Waals surface area (Å²) in [6.45, 7) is 5.65. The maximum absolute atomic E-state index is 14.2. The van der Waals surface area contributed by atoms with E-state index < -0.39 is 11.6 Å². The Balaban J connectivity index is 1.61. The Hall–Kier alpha value is -4.66. The summed E-state index contributed by atoms with van der Waals surface area (Å²) in [5.74, 6) is -0.705. The Morgan fingerprint density at radius 1 is 1.02 bits per heavy atom. The Morgan fingerprint density at radius 2 is 1.76 bits per heavy atom. The highest BCUT2D eigenvalue weighted by Gasteiger charge is 2.42. The summed E-state index contributed by atoms with van der Waals surface area (Å²) in [5, 5.41) is 19.1. The number of fused-ring (bicyclic) bond motifs is 1. The molecule has 41 heavy (non-hydrogen) atoms. The lowest BCUT2D eigenvalue weighted by Crippen LogP contribution is -2.28. The van der Waals surface area contributed by atoms with Gasteiger partial charge in [0.25, 0.3) is 5.56 Å². The minimum atomic E-state index is -0.659. The molecule has 208 valence electrons. The molecule has 0 bridgehead atoms. The van der Waals surface area contributed by atoms with E-state index in [0.29, 0.717) is 45.2 Å². The maximum atomic E-state index is 14.2. The molecule has 5 aromatic rings. The Morgan fingerprint density at radius 3 is 2.41 bits per heavy atom. The van der Waals surface area contributed by atoms with Crippen LogP contribution in [-0.4, -0.2) is 24.9 Å². The molecule has 2 heterocycles. The number of phenolic OH excluding ortho intramolecular Hbond substituents is 1. The van der Waals surface area contributed by atoms with Crippen LogP contribution in [0.2, 0.25) is 0 Å². The first-order valence-electron chi connectivity index (χ1n) is 13.5. The largest absolute Gasteiger partial charge is 0.508 e. The van der Waals surface area contributed by atoms with Gasteiger partial charge in [0.15, 0.2) is 0 Å². The second kappa shape index (κ2) is 10.1. The molecule has 1 aliphatic rings. The Kier molecular flexibility index (Phi) is 6.52. The van der Waals surface area contributed by atoms with Gasteiger partial charge in [-0.05, 0) is 92.6 Å². The van der Waals surface area contributed by atoms with E-state index in [1.54, 1.807) is 25.1 Å². The van der Waals surface area contributed by atoms with Gasteiger partial charge in [-0.2, -0.15) is 10.2 Å². The number of hydrogen-bond acceptors (Lipinski definition) is 6. The molecule has 1 fully saturated rings. The van der Waals surface area contributed by atoms with Crippen LogP contribution in [0.25, 0.3) is 27.8 Å². The number of nitrogens with zero attached hydrogens (tertiary/aromatic N) is 4. The van der Waals surface area contributed by atoms with E-state index in [-0.39, 0.29) is 35.3 Å². The predicted molar refractivity (Wildman–Crippen MR) is 154 cm³/mol. The van der Waals surface area contributed by atoms with Crippen LogP contribution < -0.4 is 11.3 Å². The standard InChI is InChI=1S/C32H29F2N5O2/c1-16-10-24(16)25(13-19-11-21(33)15-22(34)12-19)31-36-27-14-20(26-7-4-17(2)37-38-26)5-6-23(27)32(41)39(31)28-8-9-29(40)18(3)30(28)35/h4-9,11-12,14-16,24-25,40H,10,13,35H2,1-3H3. The van der Waals surface area contributed by atoms with Crippen LogP contribution in [-0.2, 0) is 6.42 Å². The number of anilines is 1. The number of aromatic nitrogens is 4. The quantitative estimate of drug-likeness (QED) is 0.250. The third kappa shape index (κ3) is 4.92. The van der Waals surface area contributed by atoms with Gasteiger partial charge >= 0.3 is 0 Å². The third-order valence-electron chi connectivity index (χ3n) is 8.09. The zero-order chi connectivity index (χ0) is 29.0. The van der Waals surface area contributed by atoms with Gasteiger partial charge in [-0.15, -0.1) is 0 Å². The molecule has 7 nitrogen and oxygen atoms in total. The zero-order valence-electron chi connectivity index (χ0n) is 22.9. The van der Waals surface area contributed by atoms with Crippen LogP contribution in [0.1, 0.15) is 41.9 Å². The van der Waals surface area contributed by atoms with Crippen molar-refractivity contribution in [2.45, 2.75) is 39.5 Å². The van der Waals surface area contributed by atoms with E-state index in [4.69, 9.17) is 10.7 Å². The van der Waals surface area contributed by atoms with Crippen LogP contribution in [0.4, 0.5) is 14.5 Å². The molecular weight excluding hydrogens is 524 g/mol. The summed E-state index contributed by atoms with van der Waals surface area (Å²) < 4.78 is 29.9. The molecule has 6 rings (SSSR count). The molecule has 1 saturated carbocycles. The number of aromatic hydroxyl groups is 1. The molecule has 3 aromatic carbocycles. The van der Waals surface area contributed by atoms with Crippen molar-refractivity contribution < 1.29 is 13.9 Å². The zero-order valence-corrected chi connectivity index (χ0v) is 22.9. The van der Waals surface area contributed by atoms with Crippen molar-refractivity contribution in [2.24, 2.45) is 11.8 Å². The van der Waals surface area contributed by atoms with E-state index in [9.17, 15) is 18.7 Å². The minimum absolute atomic E-state index is 0.0149. The average molecular weight is 554 g/mol. The van der Waals surface area contributed by atoms with Crippen LogP contribution >= 0.6 is 0 Å². The molecule has 3 unspecified atom stereocenters. The van der Waals surface area contributed by atoms with E-state index in [0.717, 1.165) is 23.7 Å². The van der Waals surface area contributed by atoms with Gasteiger partial charge in [-0.3, -0.25) is 9.36 Å². The van der Waals surface area contributed by atoms with Crippen molar-refractivity contribution in [1.29, 1.82) is 0 Å². The predicted octanol–water partition coefficient (Wildman–Crippen LogP) is 6.01. The fourth-order valence-corrected chi connectivity index (χ4v) is 5.62. The molecule has 1 aliphatic carbocycles. The van der Waals surface area contributed by atoms with E-state index in [1.165, 1.54) is 22.8 Å². The lowest BCUT2D eigenvalue weighted by Gasteiger charge is -2.23. The van der Waals surface area contributed by atoms with E-state index in [1.807, 2.05) is 25.1 Å². The number of aryl methyl sites for hydroxylation is 1. The molecule has 0 spiro atoms. The maximum Gasteiger partial charge on any atom is 0.266 e. The van der Waals surface area contributed by atoms with Crippen molar-refractivity contribution in [3.05, 3.63) is 105 Å². The summed E-state index contributed by atoms with van der Waals surface area (Å²) in [7, 11) is 0. The van der Waals surface area contributed by atoms with Crippen molar-refractivity contribution in [2.75, 3.05) is 5.73 Å². The summed E-state index contributed by atoms with van der Waals surface area (Å²) in [5.41, 5.74) is 10.4. The van der Waals surface area contributed by atoms with Gasteiger partial charge in [-0.1, -0.05) is 13.0 Å². The van der Waals surface area contributed by atoms with Crippen molar-refractivity contribution in [1.82, 2.24) is 19.7 Å². The third-order valence-corrected chi connectivity index (χ3v) is 8.09. The molecule has 9 heteroatoms. The molecule has 3 atom stereocenters. The fourth-order valence-electron chi connectivity index (χ4n) is 5.62. The van der Waals surface area contributed by atoms with Crippen LogP contribution in [0.5, 0.6) is 5.75 Å². The molecule has 3 N–H and O–H groups in total. The molecule has 2 aromatic heterocycles. The normalized spacial score (nSPS) is 17.1. The van der Waals surface area contributed by atoms with E-state index >= 15 is 0 Å². The first-order chi connectivity index (χ1) is 19.6. The molecule has 0 aliphatic heterocycles. The Bertz CT molecular complexity index is 1850. The molecule has 0 radical (unpaired) electrons. The Labute approximate surface area is 235 Å². The van der Waals surface area contributed by atoms with Gasteiger partial charge in [0.1, 0.15) is 23.2 Å². The van der Waals surface area contributed by atoms with Crippen LogP contribution in [0, 0.1) is 37.3 Å². The van der Waals surface area contributed by atoms with Gasteiger partial charge in [0, 0.05) is 23.1 Å². The molecule has 0 amide bonds. The second-order valence-corrected chi connectivity index (χ2v) is 11.0. The van der Waals surface area contributed by atoms with Crippen molar-refractivity contribution in [3.63, 3.8) is 0 Å². The minimum Gasteiger partial charge on any atom is -0.508 e. The van der Waals surface area contributed by atoms with Crippen LogP contribution in [0.15, 0.2) is 65.5 Å². The van der Waals surface area contributed by atoms with Gasteiger partial charge in [0.05, 0.1) is 33.7 Å². The summed E-state index contributed by atoms with van der Waals surface area (Å²) in [4.78, 5) is 19.3. The monoisotopic (exact) mass is 553 g/mol. The number of rotatable bonds is 6. The average Bonchev–Trinajstić information content (AvgIpc) is 3.66. The topological polar surface area (TPSA) is 107 Å². The fraction of sp³-hybridized carbons (Fsp3) is 0.250. The SMILES string of the molecule is Cc1ccc(-c2ccc3c(=O)n(-c4ccc(O)c(C)c4N)c(C(Cc4cc(F)cc(F)c4)C4CC4C)nc3c2)nn1. The summed E-state index contributed by atoms with van der Waals surface area (Å²) in [6, 6.07) is 15.6. The number of hydrogen-bond donors (Lipinski definition) is 2. The smallest absolute Gasteiger partial charge is 0.266 e. The second-order valence-electron chi connectivity index (χ2n) is 11.0. The molecule has 0 saturated heterocycles. The highest BCUT2D eigenvalue weighted by molar-refractivity contribution is 5.83. The summed E-state index contributed by atoms with van der Waals surface area (Å²) in [6.07, 6.45) is 1.17. The first-order valence-corrected chi connectivity index (χ1v) is 13.5. The highest BCUT2D eigenvalue weighted by Crippen LogP contribution is 2.49. The highest BCUT2D eigenvalue weighted by atomic mass is 19.1. The van der Waals surface area contributed by atoms with Gasteiger partial charge in [0.2, 0.25) is 0 Å². The summed E-state index contributed by atoms with van der Waals surface area (Å²) >= 11 is 0. The van der Waals surface area contributed by atoms with Crippen LogP contribution in [0.3, 0.4) is 0 Å². The number of phenols is 1. The van der Waals surface area contributed by atoms with Crippen molar-refractivity contribution in [3.8, 4) is 22.7 Å². The number of nitrogens with two attached hydrogens (primary N) is 1. The lowest BCUT2D eigenvalue weighted by molar-refractivity contribution is 0.471. The first kappa shape index (κ1) is 26.6. The number of nitrogen functional groups attached to an aromatic ring is 1. The lowest BCUT2D eigenvalue weighted by atomic mass is 9.91. The van der Waals surface area contributed by atoms with Gasteiger partial charge < -0.3 is 10.8 Å². The number of benzene rings is 3. The van der Waals surface area contributed by atoms with E-state index in [2.05, 4.69) is 17.1 Å². The number of halogens is 2.